The Bertz CT molecular complexity index is 777. The van der Waals surface area contributed by atoms with Crippen LogP contribution in [-0.4, -0.2) is 40.2 Å². The maximum Gasteiger partial charge on any atom is 0.343 e. The molecular formula is C12H17ClN2O6S2. The first-order valence-corrected chi connectivity index (χ1v) is 10.2. The van der Waals surface area contributed by atoms with E-state index in [1.165, 1.54) is 12.1 Å². The number of nitrogen functional groups attached to an aromatic ring is 2. The molecule has 0 saturated heterocycles. The molecule has 4 N–H and O–H groups in total. The highest BCUT2D eigenvalue weighted by atomic mass is 35.5. The predicted molar refractivity (Wildman–Crippen MR) is 87.2 cm³/mol. The average molecular weight is 385 g/mol. The predicted octanol–water partition coefficient (Wildman–Crippen LogP) is 0.517. The van der Waals surface area contributed by atoms with Gasteiger partial charge in [0.15, 0.2) is 9.84 Å². The molecule has 0 aliphatic carbocycles. The third kappa shape index (κ3) is 6.24. The Morgan fingerprint density at radius 1 is 1.13 bits per heavy atom. The van der Waals surface area contributed by atoms with E-state index in [9.17, 15) is 21.6 Å². The van der Waals surface area contributed by atoms with E-state index < -0.39 is 25.9 Å². The van der Waals surface area contributed by atoms with Crippen molar-refractivity contribution in [2.24, 2.45) is 0 Å². The molecule has 0 amide bonds. The van der Waals surface area contributed by atoms with Crippen molar-refractivity contribution in [2.45, 2.75) is 17.7 Å². The van der Waals surface area contributed by atoms with E-state index in [4.69, 9.17) is 23.1 Å². The smallest absolute Gasteiger partial charge is 0.343 e. The SMILES string of the molecule is Nc1ccc(S(=O)(=O)OC(=O)CCCS(=O)(=O)CCCl)c(N)c1. The number of nitrogens with two attached hydrogens (primary N) is 2. The molecule has 0 fully saturated rings. The normalized spacial score (nSPS) is 12.0. The highest BCUT2D eigenvalue weighted by Crippen LogP contribution is 2.23. The molecule has 0 radical (unpaired) electrons. The van der Waals surface area contributed by atoms with Crippen LogP contribution in [-0.2, 0) is 28.9 Å². The van der Waals surface area contributed by atoms with E-state index >= 15 is 0 Å². The maximum absolute atomic E-state index is 11.9. The third-order valence-electron chi connectivity index (χ3n) is 2.73. The van der Waals surface area contributed by atoms with E-state index in [-0.39, 0.29) is 46.5 Å². The second kappa shape index (κ2) is 7.84. The molecule has 0 aliphatic rings. The monoisotopic (exact) mass is 384 g/mol. The molecule has 0 aliphatic heterocycles. The van der Waals surface area contributed by atoms with Crippen LogP contribution in [0, 0.1) is 0 Å². The molecule has 0 saturated carbocycles. The average Bonchev–Trinajstić information content (AvgIpc) is 2.36. The zero-order valence-corrected chi connectivity index (χ0v) is 14.5. The van der Waals surface area contributed by atoms with Crippen molar-refractivity contribution in [3.8, 4) is 0 Å². The molecule has 130 valence electrons. The lowest BCUT2D eigenvalue weighted by molar-refractivity contribution is -0.133. The summed E-state index contributed by atoms with van der Waals surface area (Å²) >= 11 is 5.34. The second-order valence-electron chi connectivity index (χ2n) is 4.65. The van der Waals surface area contributed by atoms with Gasteiger partial charge in [0.05, 0.1) is 17.2 Å². The van der Waals surface area contributed by atoms with Crippen LogP contribution in [0.1, 0.15) is 12.8 Å². The summed E-state index contributed by atoms with van der Waals surface area (Å²) in [5.74, 6) is -1.59. The van der Waals surface area contributed by atoms with Gasteiger partial charge in [-0.3, -0.25) is 4.79 Å². The number of rotatable bonds is 8. The largest absolute Gasteiger partial charge is 0.399 e. The first-order valence-electron chi connectivity index (χ1n) is 6.46. The van der Waals surface area contributed by atoms with Crippen molar-refractivity contribution in [3.63, 3.8) is 0 Å². The van der Waals surface area contributed by atoms with Crippen LogP contribution in [0.15, 0.2) is 23.1 Å². The van der Waals surface area contributed by atoms with Crippen LogP contribution in [0.3, 0.4) is 0 Å². The quantitative estimate of drug-likeness (QED) is 0.374. The standard InChI is InChI=1S/C12H17ClN2O6S2/c13-5-7-22(17,18)6-1-2-12(16)21-23(19,20)11-4-3-9(14)8-10(11)15/h3-4,8H,1-2,5-7,14-15H2. The molecule has 0 unspecified atom stereocenters. The van der Waals surface area contributed by atoms with Crippen LogP contribution in [0.2, 0.25) is 0 Å². The Morgan fingerprint density at radius 2 is 1.78 bits per heavy atom. The molecule has 1 aromatic rings. The summed E-state index contributed by atoms with van der Waals surface area (Å²) < 4.78 is 51.1. The summed E-state index contributed by atoms with van der Waals surface area (Å²) in [6, 6.07) is 3.65. The molecule has 0 heterocycles. The fraction of sp³-hybridized carbons (Fsp3) is 0.417. The van der Waals surface area contributed by atoms with Crippen molar-refractivity contribution < 1.29 is 25.8 Å². The Hall–Kier alpha value is -1.52. The van der Waals surface area contributed by atoms with Gasteiger partial charge in [-0.05, 0) is 24.6 Å². The van der Waals surface area contributed by atoms with Gasteiger partial charge in [0.2, 0.25) is 0 Å². The van der Waals surface area contributed by atoms with Gasteiger partial charge in [-0.15, -0.1) is 11.6 Å². The lowest BCUT2D eigenvalue weighted by Gasteiger charge is -2.08. The third-order valence-corrected chi connectivity index (χ3v) is 6.20. The lowest BCUT2D eigenvalue weighted by Crippen LogP contribution is -2.17. The van der Waals surface area contributed by atoms with Crippen LogP contribution in [0.5, 0.6) is 0 Å². The minimum atomic E-state index is -4.38. The van der Waals surface area contributed by atoms with Crippen LogP contribution in [0.4, 0.5) is 11.4 Å². The number of hydrogen-bond donors (Lipinski definition) is 2. The first kappa shape index (κ1) is 19.5. The molecule has 1 aromatic carbocycles. The van der Waals surface area contributed by atoms with E-state index in [1.54, 1.807) is 0 Å². The van der Waals surface area contributed by atoms with Gasteiger partial charge in [0.1, 0.15) is 4.90 Å². The Labute approximate surface area is 139 Å². The number of halogens is 1. The fourth-order valence-corrected chi connectivity index (χ4v) is 4.39. The number of carbonyl (C=O) groups excluding carboxylic acids is 1. The summed E-state index contributed by atoms with van der Waals surface area (Å²) in [7, 11) is -7.74. The van der Waals surface area contributed by atoms with Crippen molar-refractivity contribution in [3.05, 3.63) is 18.2 Å². The topological polar surface area (TPSA) is 147 Å². The van der Waals surface area contributed by atoms with Crippen molar-refractivity contribution in [2.75, 3.05) is 28.9 Å². The Kier molecular flexibility index (Phi) is 6.66. The molecule has 11 heteroatoms. The van der Waals surface area contributed by atoms with Gasteiger partial charge >= 0.3 is 16.1 Å². The van der Waals surface area contributed by atoms with E-state index in [1.807, 2.05) is 0 Å². The van der Waals surface area contributed by atoms with Crippen LogP contribution in [0.25, 0.3) is 0 Å². The maximum atomic E-state index is 11.9. The molecular weight excluding hydrogens is 368 g/mol. The van der Waals surface area contributed by atoms with Gasteiger partial charge < -0.3 is 15.7 Å². The van der Waals surface area contributed by atoms with Crippen LogP contribution >= 0.6 is 11.6 Å². The number of sulfone groups is 1. The minimum absolute atomic E-state index is 0.0441. The number of carbonyl (C=O) groups is 1. The van der Waals surface area contributed by atoms with Gasteiger partial charge in [0, 0.05) is 18.0 Å². The summed E-state index contributed by atoms with van der Waals surface area (Å²) in [5, 5.41) is 0. The summed E-state index contributed by atoms with van der Waals surface area (Å²) in [4.78, 5) is 11.2. The second-order valence-corrected chi connectivity index (χ2v) is 8.85. The summed E-state index contributed by atoms with van der Waals surface area (Å²) in [6.07, 6.45) is -0.430. The number of benzene rings is 1. The summed E-state index contributed by atoms with van der Waals surface area (Å²) in [6.45, 7) is 0. The highest BCUT2D eigenvalue weighted by Gasteiger charge is 2.23. The van der Waals surface area contributed by atoms with Crippen molar-refractivity contribution in [1.82, 2.24) is 0 Å². The molecule has 8 nitrogen and oxygen atoms in total. The zero-order valence-electron chi connectivity index (χ0n) is 12.1. The molecule has 23 heavy (non-hydrogen) atoms. The fourth-order valence-electron chi connectivity index (χ4n) is 1.66. The van der Waals surface area contributed by atoms with E-state index in [0.29, 0.717) is 0 Å². The number of anilines is 2. The van der Waals surface area contributed by atoms with E-state index in [2.05, 4.69) is 4.18 Å². The van der Waals surface area contributed by atoms with Crippen molar-refractivity contribution in [1.29, 1.82) is 0 Å². The van der Waals surface area contributed by atoms with Gasteiger partial charge in [-0.2, -0.15) is 8.42 Å². The van der Waals surface area contributed by atoms with Crippen LogP contribution < -0.4 is 11.5 Å². The Balaban J connectivity index is 2.66. The molecule has 0 aromatic heterocycles. The molecule has 1 rings (SSSR count). The van der Waals surface area contributed by atoms with E-state index in [0.717, 1.165) is 6.07 Å². The van der Waals surface area contributed by atoms with Gasteiger partial charge in [-0.25, -0.2) is 8.42 Å². The number of hydrogen-bond acceptors (Lipinski definition) is 8. The van der Waals surface area contributed by atoms with Crippen molar-refractivity contribution >= 4 is 48.9 Å². The molecule has 0 spiro atoms. The van der Waals surface area contributed by atoms with Gasteiger partial charge in [-0.1, -0.05) is 0 Å². The highest BCUT2D eigenvalue weighted by molar-refractivity contribution is 7.91. The van der Waals surface area contributed by atoms with Gasteiger partial charge in [0.25, 0.3) is 0 Å². The zero-order chi connectivity index (χ0) is 17.7. The summed E-state index contributed by atoms with van der Waals surface area (Å²) in [5.41, 5.74) is 11.1. The molecule has 0 atom stereocenters. The Morgan fingerprint density at radius 3 is 2.35 bits per heavy atom. The minimum Gasteiger partial charge on any atom is -0.399 e. The molecule has 0 bridgehead atoms. The lowest BCUT2D eigenvalue weighted by atomic mass is 10.3. The number of alkyl halides is 1. The first-order chi connectivity index (χ1) is 10.6.